The summed E-state index contributed by atoms with van der Waals surface area (Å²) in [5.74, 6) is 0.119. The van der Waals surface area contributed by atoms with Crippen molar-refractivity contribution in [3.63, 3.8) is 0 Å². The molecule has 92 valence electrons. The van der Waals surface area contributed by atoms with Crippen LogP contribution in [0.15, 0.2) is 47.2 Å². The third-order valence-electron chi connectivity index (χ3n) is 2.50. The van der Waals surface area contributed by atoms with Crippen molar-refractivity contribution in [2.45, 2.75) is 6.61 Å². The van der Waals surface area contributed by atoms with E-state index in [1.54, 1.807) is 35.2 Å². The molecule has 0 aliphatic heterocycles. The smallest absolute Gasteiger partial charge is 0.387 e. The molecular weight excluding hydrogens is 242 g/mol. The highest BCUT2D eigenvalue weighted by molar-refractivity contribution is 5.62. The van der Waals surface area contributed by atoms with Crippen LogP contribution >= 0.6 is 0 Å². The molecule has 0 N–H and O–H groups in total. The highest BCUT2D eigenvalue weighted by atomic mass is 19.3. The molecule has 0 atom stereocenters. The first-order valence-corrected chi connectivity index (χ1v) is 5.20. The van der Waals surface area contributed by atoms with Crippen LogP contribution < -0.4 is 4.74 Å². The molecule has 3 aromatic rings. The van der Waals surface area contributed by atoms with E-state index in [0.717, 1.165) is 11.3 Å². The zero-order valence-electron chi connectivity index (χ0n) is 9.09. The van der Waals surface area contributed by atoms with Gasteiger partial charge < -0.3 is 9.15 Å². The number of rotatable bonds is 3. The van der Waals surface area contributed by atoms with Gasteiger partial charge in [-0.1, -0.05) is 0 Å². The van der Waals surface area contributed by atoms with Crippen LogP contribution in [0.3, 0.4) is 0 Å². The zero-order valence-corrected chi connectivity index (χ0v) is 9.09. The van der Waals surface area contributed by atoms with Gasteiger partial charge in [-0.2, -0.15) is 18.4 Å². The molecule has 2 heterocycles. The summed E-state index contributed by atoms with van der Waals surface area (Å²) in [6.45, 7) is -2.82. The second-order valence-corrected chi connectivity index (χ2v) is 3.61. The lowest BCUT2D eigenvalue weighted by molar-refractivity contribution is -0.0498. The number of halogens is 2. The molecule has 0 saturated heterocycles. The standard InChI is InChI=1S/C12H8F2N2O2/c13-12(14)18-9-3-1-8(2-4-9)10-7-17-11-5-6-15-16(10)11/h1-7,12H. The van der Waals surface area contributed by atoms with E-state index in [1.165, 1.54) is 12.1 Å². The molecule has 0 amide bonds. The first kappa shape index (κ1) is 10.8. The molecule has 18 heavy (non-hydrogen) atoms. The summed E-state index contributed by atoms with van der Waals surface area (Å²) in [7, 11) is 0. The first-order chi connectivity index (χ1) is 8.74. The molecule has 6 heteroatoms. The lowest BCUT2D eigenvalue weighted by Crippen LogP contribution is -2.01. The maximum atomic E-state index is 12.0. The van der Waals surface area contributed by atoms with Gasteiger partial charge in [0.2, 0.25) is 5.71 Å². The number of hydrogen-bond donors (Lipinski definition) is 0. The Morgan fingerprint density at radius 3 is 2.67 bits per heavy atom. The molecule has 0 unspecified atom stereocenters. The summed E-state index contributed by atoms with van der Waals surface area (Å²) in [4.78, 5) is 0. The number of oxazole rings is 1. The van der Waals surface area contributed by atoms with Gasteiger partial charge in [0.05, 0.1) is 6.20 Å². The van der Waals surface area contributed by atoms with Crippen LogP contribution in [0.25, 0.3) is 17.0 Å². The van der Waals surface area contributed by atoms with Gasteiger partial charge in [0, 0.05) is 11.6 Å². The highest BCUT2D eigenvalue weighted by Gasteiger charge is 2.09. The van der Waals surface area contributed by atoms with E-state index in [2.05, 4.69) is 9.84 Å². The van der Waals surface area contributed by atoms with Gasteiger partial charge in [0.25, 0.3) is 0 Å². The monoisotopic (exact) mass is 250 g/mol. The fraction of sp³-hybridized carbons (Fsp3) is 0.0833. The summed E-state index contributed by atoms with van der Waals surface area (Å²) in [5, 5.41) is 4.10. The van der Waals surface area contributed by atoms with E-state index < -0.39 is 6.61 Å². The normalized spacial score (nSPS) is 11.3. The van der Waals surface area contributed by atoms with Gasteiger partial charge >= 0.3 is 6.61 Å². The number of alkyl halides is 2. The van der Waals surface area contributed by atoms with Gasteiger partial charge in [0.1, 0.15) is 17.7 Å². The Morgan fingerprint density at radius 2 is 1.94 bits per heavy atom. The van der Waals surface area contributed by atoms with Crippen molar-refractivity contribution in [3.05, 3.63) is 42.8 Å². The minimum absolute atomic E-state index is 0.119. The predicted molar refractivity (Wildman–Crippen MR) is 59.5 cm³/mol. The van der Waals surface area contributed by atoms with Crippen molar-refractivity contribution in [2.24, 2.45) is 0 Å². The van der Waals surface area contributed by atoms with Gasteiger partial charge in [-0.25, -0.2) is 0 Å². The quantitative estimate of drug-likeness (QED) is 0.716. The van der Waals surface area contributed by atoms with E-state index in [0.29, 0.717) is 5.71 Å². The van der Waals surface area contributed by atoms with Crippen LogP contribution in [0.5, 0.6) is 5.75 Å². The first-order valence-electron chi connectivity index (χ1n) is 5.20. The van der Waals surface area contributed by atoms with E-state index in [4.69, 9.17) is 4.42 Å². The van der Waals surface area contributed by atoms with E-state index >= 15 is 0 Å². The lowest BCUT2D eigenvalue weighted by Gasteiger charge is -2.04. The Morgan fingerprint density at radius 1 is 1.17 bits per heavy atom. The Labute approximate surface area is 100 Å². The van der Waals surface area contributed by atoms with Crippen LogP contribution in [0, 0.1) is 0 Å². The number of aromatic nitrogens is 2. The zero-order chi connectivity index (χ0) is 12.5. The van der Waals surface area contributed by atoms with E-state index in [9.17, 15) is 8.78 Å². The van der Waals surface area contributed by atoms with E-state index in [-0.39, 0.29) is 5.75 Å². The van der Waals surface area contributed by atoms with Crippen molar-refractivity contribution in [1.29, 1.82) is 0 Å². The molecule has 0 aliphatic rings. The summed E-state index contributed by atoms with van der Waals surface area (Å²) in [6, 6.07) is 8.03. The predicted octanol–water partition coefficient (Wildman–Crippen LogP) is 3.20. The maximum absolute atomic E-state index is 12.0. The molecule has 0 spiro atoms. The largest absolute Gasteiger partial charge is 0.444 e. The Kier molecular flexibility index (Phi) is 2.47. The van der Waals surface area contributed by atoms with Gasteiger partial charge in [-0.15, -0.1) is 0 Å². The molecule has 1 aromatic carbocycles. The summed E-state index contributed by atoms with van der Waals surface area (Å²) < 4.78 is 35.2. The molecule has 2 aromatic heterocycles. The molecular formula is C12H8F2N2O2. The van der Waals surface area contributed by atoms with Crippen LogP contribution in [-0.4, -0.2) is 16.2 Å². The summed E-state index contributed by atoms with van der Waals surface area (Å²) in [5.41, 5.74) is 2.18. The van der Waals surface area contributed by atoms with Crippen LogP contribution in [-0.2, 0) is 0 Å². The Hall–Kier alpha value is -2.37. The number of fused-ring (bicyclic) bond motifs is 1. The summed E-state index contributed by atoms with van der Waals surface area (Å²) >= 11 is 0. The number of benzene rings is 1. The molecule has 3 rings (SSSR count). The topological polar surface area (TPSA) is 39.7 Å². The second-order valence-electron chi connectivity index (χ2n) is 3.61. The van der Waals surface area contributed by atoms with Gasteiger partial charge in [-0.3, -0.25) is 0 Å². The van der Waals surface area contributed by atoms with Gasteiger partial charge in [0.15, 0.2) is 0 Å². The number of ether oxygens (including phenoxy) is 1. The average molecular weight is 250 g/mol. The van der Waals surface area contributed by atoms with Crippen molar-refractivity contribution < 1.29 is 17.9 Å². The fourth-order valence-electron chi connectivity index (χ4n) is 1.72. The highest BCUT2D eigenvalue weighted by Crippen LogP contribution is 2.24. The molecule has 0 fully saturated rings. The number of hydrogen-bond acceptors (Lipinski definition) is 3. The van der Waals surface area contributed by atoms with E-state index in [1.807, 2.05) is 0 Å². The van der Waals surface area contributed by atoms with Crippen LogP contribution in [0.1, 0.15) is 0 Å². The maximum Gasteiger partial charge on any atom is 0.387 e. The minimum Gasteiger partial charge on any atom is -0.444 e. The van der Waals surface area contributed by atoms with Crippen LogP contribution in [0.2, 0.25) is 0 Å². The molecule has 0 radical (unpaired) electrons. The molecule has 4 nitrogen and oxygen atoms in total. The van der Waals surface area contributed by atoms with Crippen molar-refractivity contribution in [2.75, 3.05) is 0 Å². The fourth-order valence-corrected chi connectivity index (χ4v) is 1.72. The van der Waals surface area contributed by atoms with Crippen molar-refractivity contribution >= 4 is 5.71 Å². The van der Waals surface area contributed by atoms with Crippen molar-refractivity contribution in [3.8, 4) is 17.0 Å². The van der Waals surface area contributed by atoms with Gasteiger partial charge in [-0.05, 0) is 24.3 Å². The molecule has 0 aliphatic carbocycles. The SMILES string of the molecule is FC(F)Oc1ccc(-c2coc3ccnn23)cc1. The molecule has 0 saturated carbocycles. The lowest BCUT2D eigenvalue weighted by atomic mass is 10.2. The summed E-state index contributed by atoms with van der Waals surface area (Å²) in [6.07, 6.45) is 3.18. The number of nitrogens with zero attached hydrogens (tertiary/aromatic N) is 2. The Bertz CT molecular complexity index is 658. The average Bonchev–Trinajstić information content (AvgIpc) is 2.91. The third-order valence-corrected chi connectivity index (χ3v) is 2.50. The second kappa shape index (κ2) is 4.14. The molecule has 0 bridgehead atoms. The van der Waals surface area contributed by atoms with Crippen LogP contribution in [0.4, 0.5) is 8.78 Å². The minimum atomic E-state index is -2.82. The van der Waals surface area contributed by atoms with Crippen molar-refractivity contribution in [1.82, 2.24) is 9.61 Å². The Balaban J connectivity index is 1.95. The third kappa shape index (κ3) is 1.81.